The summed E-state index contributed by atoms with van der Waals surface area (Å²) < 4.78 is 28.5. The van der Waals surface area contributed by atoms with Crippen LogP contribution in [0, 0.1) is 5.92 Å². The second kappa shape index (κ2) is 8.97. The molecule has 30 heavy (non-hydrogen) atoms. The number of primary sulfonamides is 1. The van der Waals surface area contributed by atoms with Crippen molar-refractivity contribution in [2.24, 2.45) is 11.1 Å². The summed E-state index contributed by atoms with van der Waals surface area (Å²) in [5.41, 5.74) is 2.21. The van der Waals surface area contributed by atoms with Crippen molar-refractivity contribution in [1.29, 1.82) is 0 Å². The van der Waals surface area contributed by atoms with E-state index in [0.29, 0.717) is 18.7 Å². The van der Waals surface area contributed by atoms with Crippen molar-refractivity contribution in [3.05, 3.63) is 59.7 Å². The van der Waals surface area contributed by atoms with Gasteiger partial charge in [0.1, 0.15) is 0 Å². The lowest BCUT2D eigenvalue weighted by Crippen LogP contribution is -2.34. The number of sulfonamides is 1. The monoisotopic (exact) mass is 430 g/mol. The molecule has 0 saturated heterocycles. The maximum atomic E-state index is 12.8. The van der Waals surface area contributed by atoms with Crippen molar-refractivity contribution in [3.8, 4) is 0 Å². The second-order valence-corrected chi connectivity index (χ2v) is 9.07. The molecule has 2 aromatic rings. The Morgan fingerprint density at radius 1 is 1.17 bits per heavy atom. The summed E-state index contributed by atoms with van der Waals surface area (Å²) in [6.45, 7) is 4.03. The fourth-order valence-electron chi connectivity index (χ4n) is 3.71. The van der Waals surface area contributed by atoms with E-state index in [4.69, 9.17) is 9.88 Å². The van der Waals surface area contributed by atoms with Crippen LogP contribution in [0.5, 0.6) is 0 Å². The number of ether oxygens (including phenoxy) is 1. The van der Waals surface area contributed by atoms with Gasteiger partial charge in [-0.1, -0.05) is 50.6 Å². The minimum Gasteiger partial charge on any atom is -0.455 e. The molecular weight excluding hydrogens is 404 g/mol. The zero-order valence-corrected chi connectivity index (χ0v) is 17.9. The molecule has 1 aliphatic rings. The van der Waals surface area contributed by atoms with Crippen LogP contribution in [0.4, 0.5) is 5.69 Å². The third kappa shape index (κ3) is 4.71. The van der Waals surface area contributed by atoms with Crippen molar-refractivity contribution in [1.82, 2.24) is 0 Å². The third-order valence-corrected chi connectivity index (χ3v) is 6.45. The van der Waals surface area contributed by atoms with E-state index >= 15 is 0 Å². The van der Waals surface area contributed by atoms with Gasteiger partial charge >= 0.3 is 5.97 Å². The Morgan fingerprint density at radius 3 is 2.50 bits per heavy atom. The third-order valence-electron chi connectivity index (χ3n) is 5.54. The van der Waals surface area contributed by atoms with Crippen LogP contribution in [-0.2, 0) is 30.8 Å². The number of hydrogen-bond acceptors (Lipinski definition) is 5. The average Bonchev–Trinajstić information content (AvgIpc) is 3.15. The fourth-order valence-corrected chi connectivity index (χ4v) is 4.27. The average molecular weight is 431 g/mol. The van der Waals surface area contributed by atoms with Crippen LogP contribution in [0.25, 0.3) is 0 Å². The minimum absolute atomic E-state index is 0.0150. The predicted octanol–water partition coefficient (Wildman–Crippen LogP) is 2.60. The summed E-state index contributed by atoms with van der Waals surface area (Å²) in [4.78, 5) is 27.0. The van der Waals surface area contributed by atoms with Crippen LogP contribution < -0.4 is 10.0 Å². The van der Waals surface area contributed by atoms with Gasteiger partial charge in [0.2, 0.25) is 10.0 Å². The highest BCUT2D eigenvalue weighted by molar-refractivity contribution is 7.89. The topological polar surface area (TPSA) is 107 Å². The first-order chi connectivity index (χ1) is 14.2. The molecule has 1 aliphatic heterocycles. The highest BCUT2D eigenvalue weighted by Crippen LogP contribution is 2.31. The van der Waals surface area contributed by atoms with Crippen molar-refractivity contribution < 1.29 is 22.7 Å². The SMILES string of the molecule is CCC(C)C(C(=O)OCC(=O)N1CCc2cc(S(N)(=O)=O)ccc21)c1ccccc1. The number of hydrogen-bond donors (Lipinski definition) is 1. The molecule has 7 nitrogen and oxygen atoms in total. The Morgan fingerprint density at radius 2 is 1.87 bits per heavy atom. The van der Waals surface area contributed by atoms with E-state index < -0.39 is 21.9 Å². The minimum atomic E-state index is -3.80. The Bertz CT molecular complexity index is 1040. The molecule has 0 spiro atoms. The number of carbonyl (C=O) groups excluding carboxylic acids is 2. The quantitative estimate of drug-likeness (QED) is 0.680. The van der Waals surface area contributed by atoms with E-state index in [1.807, 2.05) is 44.2 Å². The molecule has 2 aromatic carbocycles. The molecule has 160 valence electrons. The Labute approximate surface area is 176 Å². The molecule has 1 heterocycles. The first-order valence-corrected chi connectivity index (χ1v) is 11.4. The first kappa shape index (κ1) is 22.0. The van der Waals surface area contributed by atoms with Crippen molar-refractivity contribution in [2.45, 2.75) is 37.5 Å². The number of rotatable bonds is 7. The van der Waals surface area contributed by atoms with Crippen LogP contribution >= 0.6 is 0 Å². The Kier molecular flexibility index (Phi) is 6.58. The Hall–Kier alpha value is -2.71. The molecule has 2 N–H and O–H groups in total. The van der Waals surface area contributed by atoms with Gasteiger partial charge in [-0.05, 0) is 41.7 Å². The highest BCUT2D eigenvalue weighted by Gasteiger charge is 2.30. The molecule has 0 bridgehead atoms. The number of nitrogens with two attached hydrogens (primary N) is 1. The van der Waals surface area contributed by atoms with Gasteiger partial charge in [0, 0.05) is 12.2 Å². The number of benzene rings is 2. The molecule has 0 aromatic heterocycles. The van der Waals surface area contributed by atoms with E-state index in [1.165, 1.54) is 17.0 Å². The molecule has 2 unspecified atom stereocenters. The fraction of sp³-hybridized carbons (Fsp3) is 0.364. The molecule has 0 aliphatic carbocycles. The first-order valence-electron chi connectivity index (χ1n) is 9.90. The van der Waals surface area contributed by atoms with Crippen LogP contribution in [0.15, 0.2) is 53.4 Å². The number of fused-ring (bicyclic) bond motifs is 1. The molecule has 2 atom stereocenters. The summed E-state index contributed by atoms with van der Waals surface area (Å²) in [7, 11) is -3.80. The summed E-state index contributed by atoms with van der Waals surface area (Å²) in [6.07, 6.45) is 1.31. The number of amides is 1. The van der Waals surface area contributed by atoms with E-state index in [-0.39, 0.29) is 23.3 Å². The van der Waals surface area contributed by atoms with Crippen LogP contribution in [0.2, 0.25) is 0 Å². The molecule has 3 rings (SSSR count). The largest absolute Gasteiger partial charge is 0.455 e. The smallest absolute Gasteiger partial charge is 0.314 e. The van der Waals surface area contributed by atoms with Gasteiger partial charge in [0.15, 0.2) is 6.61 Å². The number of nitrogens with zero attached hydrogens (tertiary/aromatic N) is 1. The lowest BCUT2D eigenvalue weighted by Gasteiger charge is -2.23. The normalized spacial score (nSPS) is 15.4. The van der Waals surface area contributed by atoms with Crippen molar-refractivity contribution in [3.63, 3.8) is 0 Å². The van der Waals surface area contributed by atoms with E-state index in [2.05, 4.69) is 0 Å². The van der Waals surface area contributed by atoms with Gasteiger partial charge in [0.25, 0.3) is 5.91 Å². The van der Waals surface area contributed by atoms with E-state index in [0.717, 1.165) is 17.5 Å². The standard InChI is InChI=1S/C22H26N2O5S/c1-3-15(2)21(16-7-5-4-6-8-16)22(26)29-14-20(25)24-12-11-17-13-18(30(23,27)28)9-10-19(17)24/h4-10,13,15,21H,3,11-12,14H2,1-2H3,(H2,23,27,28). The van der Waals surface area contributed by atoms with Crippen LogP contribution in [0.1, 0.15) is 37.3 Å². The van der Waals surface area contributed by atoms with Gasteiger partial charge < -0.3 is 9.64 Å². The summed E-state index contributed by atoms with van der Waals surface area (Å²) >= 11 is 0. The Balaban J connectivity index is 1.69. The van der Waals surface area contributed by atoms with Gasteiger partial charge in [-0.2, -0.15) is 0 Å². The summed E-state index contributed by atoms with van der Waals surface area (Å²) in [6, 6.07) is 13.8. The number of esters is 1. The van der Waals surface area contributed by atoms with Crippen LogP contribution in [0.3, 0.4) is 0 Å². The lowest BCUT2D eigenvalue weighted by molar-refractivity contribution is -0.150. The lowest BCUT2D eigenvalue weighted by atomic mass is 9.86. The highest BCUT2D eigenvalue weighted by atomic mass is 32.2. The molecule has 1 amide bonds. The van der Waals surface area contributed by atoms with E-state index in [9.17, 15) is 18.0 Å². The predicted molar refractivity (Wildman–Crippen MR) is 113 cm³/mol. The molecule has 0 radical (unpaired) electrons. The van der Waals surface area contributed by atoms with E-state index in [1.54, 1.807) is 6.07 Å². The second-order valence-electron chi connectivity index (χ2n) is 7.51. The van der Waals surface area contributed by atoms with Gasteiger partial charge in [-0.3, -0.25) is 9.59 Å². The molecule has 0 fully saturated rings. The maximum Gasteiger partial charge on any atom is 0.314 e. The van der Waals surface area contributed by atoms with Gasteiger partial charge in [0.05, 0.1) is 10.8 Å². The zero-order valence-electron chi connectivity index (χ0n) is 17.1. The van der Waals surface area contributed by atoms with Gasteiger partial charge in [-0.25, -0.2) is 13.6 Å². The summed E-state index contributed by atoms with van der Waals surface area (Å²) in [5.74, 6) is -1.14. The molecule has 0 saturated carbocycles. The molecule has 8 heteroatoms. The maximum absolute atomic E-state index is 12.8. The summed E-state index contributed by atoms with van der Waals surface area (Å²) in [5, 5.41) is 5.17. The van der Waals surface area contributed by atoms with Gasteiger partial charge in [-0.15, -0.1) is 0 Å². The zero-order chi connectivity index (χ0) is 21.9. The van der Waals surface area contributed by atoms with Crippen molar-refractivity contribution >= 4 is 27.6 Å². The number of anilines is 1. The molecular formula is C22H26N2O5S. The van der Waals surface area contributed by atoms with Crippen molar-refractivity contribution in [2.75, 3.05) is 18.1 Å². The van der Waals surface area contributed by atoms with Crippen LogP contribution in [-0.4, -0.2) is 33.4 Å². The number of carbonyl (C=O) groups is 2.